The Bertz CT molecular complexity index is 1290. The van der Waals surface area contributed by atoms with E-state index >= 15 is 0 Å². The first-order valence-electron chi connectivity index (χ1n) is 13.3. The number of carbonyl (C=O) groups excluding carboxylic acids is 3. The van der Waals surface area contributed by atoms with Crippen LogP contribution >= 0.6 is 0 Å². The van der Waals surface area contributed by atoms with E-state index in [0.717, 1.165) is 14.9 Å². The molecule has 4 atom stereocenters. The van der Waals surface area contributed by atoms with Crippen LogP contribution in [0.3, 0.4) is 0 Å². The van der Waals surface area contributed by atoms with E-state index in [-0.39, 0.29) is 3.83 Å². The molecule has 0 unspecified atom stereocenters. The average molecular weight is 648 g/mol. The molecular weight excluding hydrogens is 612 g/mol. The molecular formula is C30H36N2O6Te. The zero-order valence-electron chi connectivity index (χ0n) is 23.4. The minimum absolute atomic E-state index is 0.139. The third-order valence-corrected chi connectivity index (χ3v) is 11.4. The number of methoxy groups -OCH3 is 2. The molecule has 0 N–H and O–H groups in total. The average Bonchev–Trinajstić information content (AvgIpc) is 3.37. The summed E-state index contributed by atoms with van der Waals surface area (Å²) in [5.41, 5.74) is -0.582. The molecule has 0 radical (unpaired) electrons. The van der Waals surface area contributed by atoms with E-state index in [1.807, 2.05) is 76.3 Å². The Hall–Kier alpha value is -2.76. The standard InChI is InChI=1S/C30H36N2O6Te/c1-28(2,3)38-27(35)32-17-16-29-22-18-19(36-5)12-13-23(22)31(4)30(29,32)15-14-21(24(29)25(33)37-6)26(34)39-20-10-8-7-9-11-20/h7-13,18,21,24H,14-17H2,1-6H3/t21-,24-,29-,30-/m0/s1. The molecule has 2 aromatic rings. The number of hydrogen-bond donors (Lipinski definition) is 0. The number of amides is 1. The molecule has 5 rings (SSSR count). The second-order valence-electron chi connectivity index (χ2n) is 11.5. The van der Waals surface area contributed by atoms with Gasteiger partial charge in [-0.1, -0.05) is 0 Å². The summed E-state index contributed by atoms with van der Waals surface area (Å²) in [7, 11) is 4.98. The van der Waals surface area contributed by atoms with Gasteiger partial charge in [0.2, 0.25) is 0 Å². The zero-order valence-corrected chi connectivity index (χ0v) is 25.7. The Morgan fingerprint density at radius 2 is 1.74 bits per heavy atom. The number of fused-ring (bicyclic) bond motifs is 1. The van der Waals surface area contributed by atoms with Crippen LogP contribution < -0.4 is 13.2 Å². The van der Waals surface area contributed by atoms with Gasteiger partial charge in [-0.25, -0.2) is 0 Å². The molecule has 0 bridgehead atoms. The maximum absolute atomic E-state index is 14.0. The number of likely N-dealkylation sites (tertiary alicyclic amines) is 1. The molecule has 3 aliphatic rings. The van der Waals surface area contributed by atoms with E-state index < -0.39 is 61.5 Å². The molecule has 2 aliphatic heterocycles. The number of likely N-dealkylation sites (N-methyl/N-ethyl adjacent to an activating group) is 1. The molecule has 39 heavy (non-hydrogen) atoms. The van der Waals surface area contributed by atoms with E-state index in [1.54, 1.807) is 12.0 Å². The van der Waals surface area contributed by atoms with E-state index in [4.69, 9.17) is 14.2 Å². The van der Waals surface area contributed by atoms with Crippen molar-refractivity contribution in [1.82, 2.24) is 4.90 Å². The number of esters is 1. The van der Waals surface area contributed by atoms with E-state index in [0.29, 0.717) is 31.6 Å². The molecule has 9 heteroatoms. The summed E-state index contributed by atoms with van der Waals surface area (Å²) in [4.78, 5) is 45.5. The van der Waals surface area contributed by atoms with Crippen LogP contribution in [0.15, 0.2) is 48.5 Å². The Labute approximate surface area is 240 Å². The van der Waals surface area contributed by atoms with Gasteiger partial charge in [0.15, 0.2) is 0 Å². The molecule has 1 saturated heterocycles. The van der Waals surface area contributed by atoms with Crippen molar-refractivity contribution in [1.29, 1.82) is 0 Å². The number of carbonyl (C=O) groups is 3. The maximum atomic E-state index is 14.0. The first-order valence-corrected chi connectivity index (χ1v) is 15.6. The summed E-state index contributed by atoms with van der Waals surface area (Å²) in [5.74, 6) is -0.996. The van der Waals surface area contributed by atoms with Crippen molar-refractivity contribution in [2.75, 3.05) is 32.7 Å². The Morgan fingerprint density at radius 3 is 2.38 bits per heavy atom. The number of anilines is 1. The molecule has 1 aliphatic carbocycles. The number of hydrogen-bond acceptors (Lipinski definition) is 7. The fraction of sp³-hybridized carbons (Fsp3) is 0.500. The molecule has 2 fully saturated rings. The number of ether oxygens (including phenoxy) is 3. The van der Waals surface area contributed by atoms with Crippen LogP contribution in [0, 0.1) is 11.8 Å². The third-order valence-electron chi connectivity index (χ3n) is 8.56. The second kappa shape index (κ2) is 10.0. The Kier molecular flexibility index (Phi) is 7.13. The number of nitrogens with zero attached hydrogens (tertiary/aromatic N) is 2. The summed E-state index contributed by atoms with van der Waals surface area (Å²) >= 11 is -1.21. The van der Waals surface area contributed by atoms with Gasteiger partial charge in [0.1, 0.15) is 0 Å². The summed E-state index contributed by atoms with van der Waals surface area (Å²) < 4.78 is 18.1. The van der Waals surface area contributed by atoms with Crippen molar-refractivity contribution in [3.63, 3.8) is 0 Å². The van der Waals surface area contributed by atoms with Gasteiger partial charge >= 0.3 is 241 Å². The Morgan fingerprint density at radius 1 is 1.03 bits per heavy atom. The van der Waals surface area contributed by atoms with Gasteiger partial charge in [0.25, 0.3) is 0 Å². The van der Waals surface area contributed by atoms with Crippen LogP contribution in [0.1, 0.15) is 45.6 Å². The fourth-order valence-electron chi connectivity index (χ4n) is 7.19. The topological polar surface area (TPSA) is 85.4 Å². The van der Waals surface area contributed by atoms with Gasteiger partial charge in [0, 0.05) is 0 Å². The van der Waals surface area contributed by atoms with E-state index in [2.05, 4.69) is 4.90 Å². The van der Waals surface area contributed by atoms with Crippen molar-refractivity contribution in [2.45, 2.75) is 56.7 Å². The van der Waals surface area contributed by atoms with Gasteiger partial charge in [-0.05, 0) is 0 Å². The van der Waals surface area contributed by atoms with E-state index in [1.165, 1.54) is 7.11 Å². The van der Waals surface area contributed by atoms with Gasteiger partial charge in [-0.3, -0.25) is 0 Å². The summed E-state index contributed by atoms with van der Waals surface area (Å²) in [6, 6.07) is 15.7. The third kappa shape index (κ3) is 4.20. The monoisotopic (exact) mass is 650 g/mol. The van der Waals surface area contributed by atoms with Crippen LogP contribution in [-0.2, 0) is 24.5 Å². The van der Waals surface area contributed by atoms with Gasteiger partial charge in [-0.2, -0.15) is 0 Å². The van der Waals surface area contributed by atoms with Crippen molar-refractivity contribution in [2.24, 2.45) is 11.8 Å². The van der Waals surface area contributed by atoms with Crippen LogP contribution in [-0.4, -0.2) is 80.8 Å². The summed E-state index contributed by atoms with van der Waals surface area (Å²) in [6.45, 7) is 5.96. The predicted octanol–water partition coefficient (Wildman–Crippen LogP) is 3.48. The predicted molar refractivity (Wildman–Crippen MR) is 148 cm³/mol. The molecule has 2 heterocycles. The molecule has 0 spiro atoms. The SMILES string of the molecule is COC(=O)[C@@H]1[C@@H](C(=O)[Te]c2ccccc2)CC[C@]23N(C(=O)OC(C)(C)C)CC[C@]12c1cc(OC)ccc1N3C. The van der Waals surface area contributed by atoms with Crippen LogP contribution in [0.25, 0.3) is 0 Å². The molecule has 208 valence electrons. The molecule has 2 aromatic carbocycles. The normalized spacial score (nSPS) is 27.3. The second-order valence-corrected chi connectivity index (χ2v) is 14.6. The summed E-state index contributed by atoms with van der Waals surface area (Å²) in [5, 5.41) is 0. The first-order chi connectivity index (χ1) is 18.5. The Balaban J connectivity index is 1.68. The van der Waals surface area contributed by atoms with Crippen molar-refractivity contribution in [3.05, 3.63) is 54.1 Å². The van der Waals surface area contributed by atoms with Crippen LogP contribution in [0.2, 0.25) is 0 Å². The summed E-state index contributed by atoms with van der Waals surface area (Å²) in [6.07, 6.45) is 1.10. The van der Waals surface area contributed by atoms with Crippen LogP contribution in [0.4, 0.5) is 10.5 Å². The fourth-order valence-corrected chi connectivity index (χ4v) is 9.84. The molecule has 1 saturated carbocycles. The van der Waals surface area contributed by atoms with Gasteiger partial charge in [0.05, 0.1) is 0 Å². The zero-order chi connectivity index (χ0) is 28.2. The van der Waals surface area contributed by atoms with E-state index in [9.17, 15) is 14.4 Å². The quantitative estimate of drug-likeness (QED) is 0.363. The first kappa shape index (κ1) is 27.8. The van der Waals surface area contributed by atoms with Gasteiger partial charge in [-0.15, -0.1) is 0 Å². The minimum atomic E-state index is -1.21. The van der Waals surface area contributed by atoms with Crippen molar-refractivity contribution < 1.29 is 28.6 Å². The molecule has 1 amide bonds. The van der Waals surface area contributed by atoms with Crippen LogP contribution in [0.5, 0.6) is 5.75 Å². The van der Waals surface area contributed by atoms with Crippen molar-refractivity contribution in [3.8, 4) is 5.75 Å². The number of rotatable bonds is 5. The van der Waals surface area contributed by atoms with Gasteiger partial charge < -0.3 is 0 Å². The molecule has 8 nitrogen and oxygen atoms in total. The molecule has 0 aromatic heterocycles. The number of benzene rings is 2. The van der Waals surface area contributed by atoms with Crippen molar-refractivity contribution >= 4 is 46.1 Å².